The summed E-state index contributed by atoms with van der Waals surface area (Å²) in [6.45, 7) is 2.40. The maximum Gasteiger partial charge on any atom is 0.220 e. The first-order valence-corrected chi connectivity index (χ1v) is 8.18. The summed E-state index contributed by atoms with van der Waals surface area (Å²) in [4.78, 5) is 23.7. The van der Waals surface area contributed by atoms with Crippen LogP contribution in [0.25, 0.3) is 0 Å². The van der Waals surface area contributed by atoms with E-state index in [1.807, 2.05) is 31.2 Å². The molecule has 0 bridgehead atoms. The Morgan fingerprint density at radius 1 is 1.12 bits per heavy atom. The zero-order chi connectivity index (χ0) is 17.4. The fourth-order valence-electron chi connectivity index (χ4n) is 2.16. The summed E-state index contributed by atoms with van der Waals surface area (Å²) < 4.78 is 5.63. The van der Waals surface area contributed by atoms with Crippen molar-refractivity contribution >= 4 is 23.3 Å². The maximum atomic E-state index is 12.0. The predicted octanol–water partition coefficient (Wildman–Crippen LogP) is 3.81. The molecule has 2 aromatic carbocycles. The van der Waals surface area contributed by atoms with E-state index in [1.165, 1.54) is 0 Å². The van der Waals surface area contributed by atoms with Crippen LogP contribution in [0.3, 0.4) is 0 Å². The van der Waals surface area contributed by atoms with Crippen LogP contribution in [-0.4, -0.2) is 24.8 Å². The molecule has 0 saturated carbocycles. The molecular formula is C19H20ClNO3. The molecule has 0 aromatic heterocycles. The second-order valence-corrected chi connectivity index (χ2v) is 5.86. The quantitative estimate of drug-likeness (QED) is 0.584. The first-order valence-electron chi connectivity index (χ1n) is 7.80. The van der Waals surface area contributed by atoms with Gasteiger partial charge in [0, 0.05) is 17.0 Å². The molecular weight excluding hydrogens is 326 g/mol. The molecule has 5 heteroatoms. The van der Waals surface area contributed by atoms with Gasteiger partial charge in [0.15, 0.2) is 5.78 Å². The van der Waals surface area contributed by atoms with Crippen LogP contribution in [-0.2, 0) is 4.79 Å². The minimum absolute atomic E-state index is 0.0299. The Kier molecular flexibility index (Phi) is 6.82. The normalized spacial score (nSPS) is 10.2. The number of carbonyl (C=O) groups excluding carboxylic acids is 2. The van der Waals surface area contributed by atoms with E-state index >= 15 is 0 Å². The van der Waals surface area contributed by atoms with Crippen molar-refractivity contribution in [1.29, 1.82) is 0 Å². The number of Topliss-reactive ketones (excluding diaryl/α,β-unsaturated/α-hetero) is 1. The van der Waals surface area contributed by atoms with Crippen molar-refractivity contribution in [3.05, 3.63) is 64.7 Å². The Balaban J connectivity index is 1.66. The number of carbonyl (C=O) groups is 2. The highest BCUT2D eigenvalue weighted by Crippen LogP contribution is 2.16. The van der Waals surface area contributed by atoms with Gasteiger partial charge in [-0.05, 0) is 37.1 Å². The average molecular weight is 346 g/mol. The van der Waals surface area contributed by atoms with Crippen LogP contribution in [0.2, 0.25) is 5.02 Å². The lowest BCUT2D eigenvalue weighted by atomic mass is 10.1. The number of benzene rings is 2. The number of ketones is 1. The lowest BCUT2D eigenvalue weighted by Gasteiger charge is -2.09. The smallest absolute Gasteiger partial charge is 0.220 e. The minimum Gasteiger partial charge on any atom is -0.493 e. The Bertz CT molecular complexity index is 715. The largest absolute Gasteiger partial charge is 0.493 e. The van der Waals surface area contributed by atoms with Gasteiger partial charge >= 0.3 is 0 Å². The summed E-state index contributed by atoms with van der Waals surface area (Å²) in [5.74, 6) is 0.495. The number of halogens is 1. The van der Waals surface area contributed by atoms with E-state index in [4.69, 9.17) is 16.3 Å². The maximum absolute atomic E-state index is 12.0. The third-order valence-corrected chi connectivity index (χ3v) is 3.73. The number of ether oxygens (including phenoxy) is 1. The summed E-state index contributed by atoms with van der Waals surface area (Å²) >= 11 is 5.84. The third-order valence-electron chi connectivity index (χ3n) is 3.49. The van der Waals surface area contributed by atoms with Gasteiger partial charge in [0.05, 0.1) is 13.2 Å². The molecule has 0 unspecified atom stereocenters. The molecule has 2 aromatic rings. The van der Waals surface area contributed by atoms with Crippen molar-refractivity contribution in [1.82, 2.24) is 5.32 Å². The number of amides is 1. The fraction of sp³-hybridized carbons (Fsp3) is 0.263. The van der Waals surface area contributed by atoms with Crippen molar-refractivity contribution in [2.45, 2.75) is 19.8 Å². The number of aryl methyl sites for hydroxylation is 1. The molecule has 0 radical (unpaired) electrons. The van der Waals surface area contributed by atoms with Gasteiger partial charge in [0.25, 0.3) is 0 Å². The van der Waals surface area contributed by atoms with E-state index in [0.717, 1.165) is 11.3 Å². The molecule has 1 N–H and O–H groups in total. The second-order valence-electron chi connectivity index (χ2n) is 5.43. The Morgan fingerprint density at radius 2 is 1.92 bits per heavy atom. The molecule has 0 fully saturated rings. The van der Waals surface area contributed by atoms with Gasteiger partial charge in [-0.25, -0.2) is 0 Å². The van der Waals surface area contributed by atoms with Gasteiger partial charge in [0.1, 0.15) is 5.75 Å². The van der Waals surface area contributed by atoms with E-state index in [-0.39, 0.29) is 18.2 Å². The Hall–Kier alpha value is -2.33. The van der Waals surface area contributed by atoms with E-state index < -0.39 is 0 Å². The van der Waals surface area contributed by atoms with Crippen LogP contribution >= 0.6 is 11.6 Å². The first kappa shape index (κ1) is 18.0. The van der Waals surface area contributed by atoms with E-state index in [1.54, 1.807) is 24.3 Å². The molecule has 4 nitrogen and oxygen atoms in total. The lowest BCUT2D eigenvalue weighted by Crippen LogP contribution is -2.29. The average Bonchev–Trinajstić information content (AvgIpc) is 2.58. The summed E-state index contributed by atoms with van der Waals surface area (Å²) in [6, 6.07) is 14.4. The topological polar surface area (TPSA) is 55.4 Å². The zero-order valence-corrected chi connectivity index (χ0v) is 14.3. The Morgan fingerprint density at radius 3 is 2.67 bits per heavy atom. The molecule has 0 atom stereocenters. The van der Waals surface area contributed by atoms with Crippen molar-refractivity contribution in [3.8, 4) is 5.75 Å². The van der Waals surface area contributed by atoms with E-state index in [9.17, 15) is 9.59 Å². The molecule has 0 aliphatic carbocycles. The second kappa shape index (κ2) is 9.08. The summed E-state index contributed by atoms with van der Waals surface area (Å²) in [7, 11) is 0. The SMILES string of the molecule is Cc1ccccc1OCCCC(=O)NCC(=O)c1cccc(Cl)c1. The van der Waals surface area contributed by atoms with E-state index in [0.29, 0.717) is 30.0 Å². The standard InChI is InChI=1S/C19H20ClNO3/c1-14-6-2-3-9-18(14)24-11-5-10-19(23)21-13-17(22)15-7-4-8-16(20)12-15/h2-4,6-9,12H,5,10-11,13H2,1H3,(H,21,23). The molecule has 0 heterocycles. The highest BCUT2D eigenvalue weighted by Gasteiger charge is 2.08. The zero-order valence-electron chi connectivity index (χ0n) is 13.5. The molecule has 126 valence electrons. The van der Waals surface area contributed by atoms with Gasteiger partial charge in [-0.3, -0.25) is 9.59 Å². The van der Waals surface area contributed by atoms with Crippen LogP contribution in [0, 0.1) is 6.92 Å². The summed E-state index contributed by atoms with van der Waals surface area (Å²) in [6.07, 6.45) is 0.903. The number of hydrogen-bond donors (Lipinski definition) is 1. The highest BCUT2D eigenvalue weighted by atomic mass is 35.5. The van der Waals surface area contributed by atoms with Gasteiger partial charge in [-0.2, -0.15) is 0 Å². The Labute approximate surface area is 146 Å². The molecule has 0 spiro atoms. The number of hydrogen-bond acceptors (Lipinski definition) is 3. The van der Waals surface area contributed by atoms with Gasteiger partial charge < -0.3 is 10.1 Å². The number of para-hydroxylation sites is 1. The van der Waals surface area contributed by atoms with Gasteiger partial charge in [-0.15, -0.1) is 0 Å². The van der Waals surface area contributed by atoms with Crippen LogP contribution in [0.5, 0.6) is 5.75 Å². The first-order chi connectivity index (χ1) is 11.6. The van der Waals surface area contributed by atoms with Crippen LogP contribution in [0.1, 0.15) is 28.8 Å². The van der Waals surface area contributed by atoms with Crippen LogP contribution < -0.4 is 10.1 Å². The highest BCUT2D eigenvalue weighted by molar-refractivity contribution is 6.31. The molecule has 0 aliphatic rings. The monoisotopic (exact) mass is 345 g/mol. The molecule has 0 aliphatic heterocycles. The van der Waals surface area contributed by atoms with Crippen molar-refractivity contribution in [3.63, 3.8) is 0 Å². The van der Waals surface area contributed by atoms with Crippen molar-refractivity contribution in [2.24, 2.45) is 0 Å². The summed E-state index contributed by atoms with van der Waals surface area (Å²) in [5, 5.41) is 3.12. The molecule has 2 rings (SSSR count). The summed E-state index contributed by atoms with van der Waals surface area (Å²) in [5.41, 5.74) is 1.56. The molecule has 0 saturated heterocycles. The van der Waals surface area contributed by atoms with Crippen molar-refractivity contribution < 1.29 is 14.3 Å². The van der Waals surface area contributed by atoms with Crippen LogP contribution in [0.15, 0.2) is 48.5 Å². The van der Waals surface area contributed by atoms with Gasteiger partial charge in [-0.1, -0.05) is 41.9 Å². The predicted molar refractivity (Wildman–Crippen MR) is 94.7 cm³/mol. The number of nitrogens with one attached hydrogen (secondary N) is 1. The minimum atomic E-state index is -0.168. The van der Waals surface area contributed by atoms with Gasteiger partial charge in [0.2, 0.25) is 5.91 Å². The number of rotatable bonds is 8. The molecule has 24 heavy (non-hydrogen) atoms. The third kappa shape index (κ3) is 5.70. The van der Waals surface area contributed by atoms with E-state index in [2.05, 4.69) is 5.32 Å². The van der Waals surface area contributed by atoms with Crippen LogP contribution in [0.4, 0.5) is 0 Å². The molecule has 1 amide bonds. The fourth-order valence-corrected chi connectivity index (χ4v) is 2.35. The van der Waals surface area contributed by atoms with Crippen molar-refractivity contribution in [2.75, 3.05) is 13.2 Å². The lowest BCUT2D eigenvalue weighted by molar-refractivity contribution is -0.121.